The maximum absolute atomic E-state index is 14.1. The van der Waals surface area contributed by atoms with Crippen molar-refractivity contribution in [1.29, 1.82) is 0 Å². The first-order chi connectivity index (χ1) is 9.52. The molecule has 2 nitrogen and oxygen atoms in total. The van der Waals surface area contributed by atoms with Gasteiger partial charge in [0.15, 0.2) is 0 Å². The lowest BCUT2D eigenvalue weighted by Crippen LogP contribution is -2.22. The van der Waals surface area contributed by atoms with Gasteiger partial charge in [-0.15, -0.1) is 0 Å². The average Bonchev–Trinajstić information content (AvgIpc) is 2.43. The molecule has 106 valence electrons. The molecular formula is C16H18BrFN2. The number of hydrogen-bond donors (Lipinski definition) is 1. The highest BCUT2D eigenvalue weighted by molar-refractivity contribution is 9.10. The van der Waals surface area contributed by atoms with Crippen molar-refractivity contribution < 1.29 is 4.39 Å². The lowest BCUT2D eigenvalue weighted by Gasteiger charge is -2.26. The summed E-state index contributed by atoms with van der Waals surface area (Å²) in [5, 5.41) is 0. The van der Waals surface area contributed by atoms with Crippen molar-refractivity contribution in [2.24, 2.45) is 5.73 Å². The smallest absolute Gasteiger partial charge is 0.128 e. The van der Waals surface area contributed by atoms with E-state index in [1.165, 1.54) is 6.07 Å². The van der Waals surface area contributed by atoms with E-state index in [0.29, 0.717) is 12.1 Å². The van der Waals surface area contributed by atoms with Gasteiger partial charge in [0.25, 0.3) is 0 Å². The van der Waals surface area contributed by atoms with Gasteiger partial charge in [-0.25, -0.2) is 4.39 Å². The largest absolute Gasteiger partial charge is 0.326 e. The van der Waals surface area contributed by atoms with Crippen molar-refractivity contribution in [3.05, 3.63) is 69.4 Å². The fourth-order valence-corrected chi connectivity index (χ4v) is 2.69. The Hall–Kier alpha value is -1.23. The van der Waals surface area contributed by atoms with Gasteiger partial charge in [0.2, 0.25) is 0 Å². The Kier molecular flexibility index (Phi) is 4.91. The third-order valence-corrected chi connectivity index (χ3v) is 3.79. The molecule has 0 aliphatic rings. The van der Waals surface area contributed by atoms with Gasteiger partial charge in [0.05, 0.1) is 6.04 Å². The highest BCUT2D eigenvalue weighted by atomic mass is 79.9. The lowest BCUT2D eigenvalue weighted by atomic mass is 9.96. The number of benzene rings is 2. The van der Waals surface area contributed by atoms with Gasteiger partial charge in [0, 0.05) is 16.6 Å². The van der Waals surface area contributed by atoms with Crippen LogP contribution in [0.25, 0.3) is 0 Å². The lowest BCUT2D eigenvalue weighted by molar-refractivity contribution is 0.333. The molecule has 1 unspecified atom stereocenters. The molecule has 20 heavy (non-hydrogen) atoms. The predicted molar refractivity (Wildman–Crippen MR) is 84.0 cm³/mol. The summed E-state index contributed by atoms with van der Waals surface area (Å²) in [6.07, 6.45) is 0. The summed E-state index contributed by atoms with van der Waals surface area (Å²) in [7, 11) is 3.89. The molecular weight excluding hydrogens is 319 g/mol. The van der Waals surface area contributed by atoms with Crippen molar-refractivity contribution in [3.63, 3.8) is 0 Å². The van der Waals surface area contributed by atoms with Crippen LogP contribution in [0, 0.1) is 5.82 Å². The molecule has 0 saturated heterocycles. The molecule has 2 N–H and O–H groups in total. The number of nitrogens with two attached hydrogens (primary N) is 1. The van der Waals surface area contributed by atoms with Crippen LogP contribution in [0.1, 0.15) is 22.7 Å². The van der Waals surface area contributed by atoms with E-state index in [-0.39, 0.29) is 11.9 Å². The number of nitrogens with zero attached hydrogens (tertiary/aromatic N) is 1. The maximum atomic E-state index is 14.1. The second-order valence-corrected chi connectivity index (χ2v) is 5.89. The van der Waals surface area contributed by atoms with Crippen LogP contribution in [-0.4, -0.2) is 19.0 Å². The minimum absolute atomic E-state index is 0.126. The highest BCUT2D eigenvalue weighted by Gasteiger charge is 2.20. The Morgan fingerprint density at radius 2 is 1.80 bits per heavy atom. The zero-order chi connectivity index (χ0) is 14.7. The molecule has 2 aromatic carbocycles. The van der Waals surface area contributed by atoms with Gasteiger partial charge in [0.1, 0.15) is 5.82 Å². The molecule has 1 atom stereocenters. The molecule has 0 spiro atoms. The molecule has 2 rings (SSSR count). The summed E-state index contributed by atoms with van der Waals surface area (Å²) in [6, 6.07) is 12.9. The SMILES string of the molecule is CN(C)C(c1ccc(CN)cc1)c1cc(Br)ccc1F. The molecule has 2 aromatic rings. The molecule has 0 radical (unpaired) electrons. The summed E-state index contributed by atoms with van der Waals surface area (Å²) in [5.74, 6) is -0.199. The second-order valence-electron chi connectivity index (χ2n) is 4.98. The Morgan fingerprint density at radius 3 is 2.35 bits per heavy atom. The second kappa shape index (κ2) is 6.48. The van der Waals surface area contributed by atoms with Gasteiger partial charge in [-0.1, -0.05) is 40.2 Å². The van der Waals surface area contributed by atoms with Crippen LogP contribution >= 0.6 is 15.9 Å². The summed E-state index contributed by atoms with van der Waals surface area (Å²) in [6.45, 7) is 0.512. The molecule has 0 heterocycles. The minimum atomic E-state index is -0.199. The average molecular weight is 337 g/mol. The van der Waals surface area contributed by atoms with Crippen molar-refractivity contribution in [1.82, 2.24) is 4.90 Å². The fourth-order valence-electron chi connectivity index (χ4n) is 2.32. The van der Waals surface area contributed by atoms with Crippen LogP contribution in [0.4, 0.5) is 4.39 Å². The minimum Gasteiger partial charge on any atom is -0.326 e. The van der Waals surface area contributed by atoms with Gasteiger partial charge in [-0.3, -0.25) is 4.90 Å². The van der Waals surface area contributed by atoms with Crippen molar-refractivity contribution >= 4 is 15.9 Å². The predicted octanol–water partition coefficient (Wildman–Crippen LogP) is 3.70. The van der Waals surface area contributed by atoms with E-state index in [1.807, 2.05) is 49.3 Å². The summed E-state index contributed by atoms with van der Waals surface area (Å²) in [5.41, 5.74) is 8.39. The molecule has 0 aliphatic heterocycles. The maximum Gasteiger partial charge on any atom is 0.128 e. The number of rotatable bonds is 4. The third-order valence-electron chi connectivity index (χ3n) is 3.30. The summed E-state index contributed by atoms with van der Waals surface area (Å²) < 4.78 is 15.0. The Labute approximate surface area is 127 Å². The molecule has 0 saturated carbocycles. The van der Waals surface area contributed by atoms with Crippen molar-refractivity contribution in [2.75, 3.05) is 14.1 Å². The molecule has 0 aliphatic carbocycles. The van der Waals surface area contributed by atoms with Crippen LogP contribution in [0.15, 0.2) is 46.9 Å². The Morgan fingerprint density at radius 1 is 1.15 bits per heavy atom. The van der Waals surface area contributed by atoms with E-state index < -0.39 is 0 Å². The quantitative estimate of drug-likeness (QED) is 0.922. The first kappa shape index (κ1) is 15.2. The zero-order valence-electron chi connectivity index (χ0n) is 11.6. The first-order valence-electron chi connectivity index (χ1n) is 6.43. The molecule has 4 heteroatoms. The first-order valence-corrected chi connectivity index (χ1v) is 7.22. The van der Waals surface area contributed by atoms with Gasteiger partial charge >= 0.3 is 0 Å². The molecule has 0 bridgehead atoms. The van der Waals surface area contributed by atoms with Gasteiger partial charge < -0.3 is 5.73 Å². The van der Waals surface area contributed by atoms with Crippen molar-refractivity contribution in [3.8, 4) is 0 Å². The zero-order valence-corrected chi connectivity index (χ0v) is 13.2. The van der Waals surface area contributed by atoms with Gasteiger partial charge in [-0.05, 0) is 43.4 Å². The summed E-state index contributed by atoms with van der Waals surface area (Å²) >= 11 is 3.41. The van der Waals surface area contributed by atoms with Crippen LogP contribution in [-0.2, 0) is 6.54 Å². The molecule has 0 amide bonds. The highest BCUT2D eigenvalue weighted by Crippen LogP contribution is 2.30. The molecule has 0 aromatic heterocycles. The van der Waals surface area contributed by atoms with E-state index in [2.05, 4.69) is 15.9 Å². The standard InChI is InChI=1S/C16H18BrFN2/c1-20(2)16(12-5-3-11(10-19)4-6-12)14-9-13(17)7-8-15(14)18/h3-9,16H,10,19H2,1-2H3. The van der Waals surface area contributed by atoms with E-state index >= 15 is 0 Å². The monoisotopic (exact) mass is 336 g/mol. The third kappa shape index (κ3) is 3.26. The summed E-state index contributed by atoms with van der Waals surface area (Å²) in [4.78, 5) is 2.00. The Balaban J connectivity index is 2.47. The van der Waals surface area contributed by atoms with Crippen LogP contribution in [0.5, 0.6) is 0 Å². The Bertz CT molecular complexity index is 582. The van der Waals surface area contributed by atoms with Gasteiger partial charge in [-0.2, -0.15) is 0 Å². The normalized spacial score (nSPS) is 12.7. The van der Waals surface area contributed by atoms with Crippen molar-refractivity contribution in [2.45, 2.75) is 12.6 Å². The van der Waals surface area contributed by atoms with E-state index in [1.54, 1.807) is 6.07 Å². The van der Waals surface area contributed by atoms with Crippen LogP contribution < -0.4 is 5.73 Å². The van der Waals surface area contributed by atoms with E-state index in [0.717, 1.165) is 15.6 Å². The van der Waals surface area contributed by atoms with E-state index in [9.17, 15) is 4.39 Å². The number of hydrogen-bond acceptors (Lipinski definition) is 2. The van der Waals surface area contributed by atoms with Crippen LogP contribution in [0.3, 0.4) is 0 Å². The number of halogens is 2. The van der Waals surface area contributed by atoms with Crippen LogP contribution in [0.2, 0.25) is 0 Å². The molecule has 0 fully saturated rings. The topological polar surface area (TPSA) is 29.3 Å². The van der Waals surface area contributed by atoms with E-state index in [4.69, 9.17) is 5.73 Å². The fraction of sp³-hybridized carbons (Fsp3) is 0.250.